The van der Waals surface area contributed by atoms with Crippen LogP contribution in [0.25, 0.3) is 0 Å². The molecule has 160 valence electrons. The van der Waals surface area contributed by atoms with Gasteiger partial charge >= 0.3 is 0 Å². The minimum Gasteiger partial charge on any atom is -0.280 e. The SMILES string of the molecule is O=[N+]([O-])c1cc(S(=O)(=O)Nc2cccc(Cl)c2)ccc1N/N=C/c1c(F)cccc1F. The number of nitrogens with one attached hydrogen (secondary N) is 2. The predicted molar refractivity (Wildman–Crippen MR) is 113 cm³/mol. The van der Waals surface area contributed by atoms with Gasteiger partial charge in [0, 0.05) is 11.1 Å². The lowest BCUT2D eigenvalue weighted by Gasteiger charge is -2.09. The average molecular weight is 467 g/mol. The lowest BCUT2D eigenvalue weighted by atomic mass is 10.2. The fraction of sp³-hybridized carbons (Fsp3) is 0. The average Bonchev–Trinajstić information content (AvgIpc) is 2.69. The molecule has 8 nitrogen and oxygen atoms in total. The van der Waals surface area contributed by atoms with Crippen LogP contribution in [0.1, 0.15) is 5.56 Å². The molecule has 3 aromatic carbocycles. The normalized spacial score (nSPS) is 11.5. The third-order valence-electron chi connectivity index (χ3n) is 3.93. The van der Waals surface area contributed by atoms with E-state index >= 15 is 0 Å². The number of hydrogen-bond acceptors (Lipinski definition) is 6. The van der Waals surface area contributed by atoms with Crippen molar-refractivity contribution >= 4 is 44.9 Å². The standard InChI is InChI=1S/C19H13ClF2N4O4S/c20-12-3-1-4-13(9-12)25-31(29,30)14-7-8-18(19(10-14)26(27)28)24-23-11-15-16(21)5-2-6-17(15)22/h1-11,24-25H/b23-11+. The van der Waals surface area contributed by atoms with Gasteiger partial charge in [-0.1, -0.05) is 23.7 Å². The Kier molecular flexibility index (Phi) is 6.47. The molecule has 31 heavy (non-hydrogen) atoms. The van der Waals surface area contributed by atoms with Crippen molar-refractivity contribution in [3.63, 3.8) is 0 Å². The summed E-state index contributed by atoms with van der Waals surface area (Å²) in [5, 5.41) is 15.3. The van der Waals surface area contributed by atoms with E-state index in [2.05, 4.69) is 15.2 Å². The highest BCUT2D eigenvalue weighted by Gasteiger charge is 2.21. The Bertz CT molecular complexity index is 1270. The molecule has 0 unspecified atom stereocenters. The topological polar surface area (TPSA) is 114 Å². The summed E-state index contributed by atoms with van der Waals surface area (Å²) in [4.78, 5) is 10.2. The second kappa shape index (κ2) is 9.06. The van der Waals surface area contributed by atoms with Crippen LogP contribution < -0.4 is 10.1 Å². The molecule has 3 aromatic rings. The van der Waals surface area contributed by atoms with Gasteiger partial charge in [-0.25, -0.2) is 17.2 Å². The smallest absolute Gasteiger partial charge is 0.280 e. The first kappa shape index (κ1) is 22.1. The van der Waals surface area contributed by atoms with Crippen LogP contribution in [0, 0.1) is 21.7 Å². The number of nitrogens with zero attached hydrogens (tertiary/aromatic N) is 2. The maximum Gasteiger partial charge on any atom is 0.295 e. The summed E-state index contributed by atoms with van der Waals surface area (Å²) >= 11 is 5.83. The van der Waals surface area contributed by atoms with E-state index < -0.39 is 37.8 Å². The molecule has 0 amide bonds. The van der Waals surface area contributed by atoms with E-state index in [4.69, 9.17) is 11.6 Å². The van der Waals surface area contributed by atoms with Crippen LogP contribution in [0.4, 0.5) is 25.8 Å². The minimum atomic E-state index is -4.16. The molecule has 0 aromatic heterocycles. The van der Waals surface area contributed by atoms with Crippen molar-refractivity contribution in [1.29, 1.82) is 0 Å². The predicted octanol–water partition coefficient (Wildman–Crippen LogP) is 4.77. The van der Waals surface area contributed by atoms with E-state index in [0.29, 0.717) is 5.02 Å². The van der Waals surface area contributed by atoms with Gasteiger partial charge in [-0.3, -0.25) is 20.3 Å². The van der Waals surface area contributed by atoms with Gasteiger partial charge in [0.15, 0.2) is 0 Å². The molecule has 12 heteroatoms. The van der Waals surface area contributed by atoms with Crippen LogP contribution in [-0.2, 0) is 10.0 Å². The fourth-order valence-corrected chi connectivity index (χ4v) is 3.75. The summed E-state index contributed by atoms with van der Waals surface area (Å²) in [5.41, 5.74) is 1.24. The van der Waals surface area contributed by atoms with E-state index in [1.807, 2.05) is 0 Å². The number of hydrazone groups is 1. The molecule has 0 aliphatic rings. The Balaban J connectivity index is 1.87. The molecule has 0 saturated heterocycles. The molecular formula is C19H13ClF2N4O4S. The summed E-state index contributed by atoms with van der Waals surface area (Å²) in [5.74, 6) is -1.73. The second-order valence-corrected chi connectivity index (χ2v) is 8.18. The zero-order valence-corrected chi connectivity index (χ0v) is 17.0. The first-order valence-corrected chi connectivity index (χ1v) is 10.3. The number of halogens is 3. The Labute approximate surface area is 180 Å². The lowest BCUT2D eigenvalue weighted by molar-refractivity contribution is -0.384. The summed E-state index contributed by atoms with van der Waals surface area (Å²) in [6, 6.07) is 12.2. The summed E-state index contributed by atoms with van der Waals surface area (Å²) in [6.07, 6.45) is 0.819. The first-order valence-electron chi connectivity index (χ1n) is 8.47. The summed E-state index contributed by atoms with van der Waals surface area (Å²) in [7, 11) is -4.16. The van der Waals surface area contributed by atoms with Gasteiger partial charge in [-0.2, -0.15) is 5.10 Å². The zero-order valence-electron chi connectivity index (χ0n) is 15.4. The van der Waals surface area contributed by atoms with E-state index in [-0.39, 0.29) is 16.3 Å². The highest BCUT2D eigenvalue weighted by Crippen LogP contribution is 2.29. The van der Waals surface area contributed by atoms with Crippen molar-refractivity contribution in [2.45, 2.75) is 4.90 Å². The summed E-state index contributed by atoms with van der Waals surface area (Å²) in [6.45, 7) is 0. The van der Waals surface area contributed by atoms with Gasteiger partial charge in [-0.15, -0.1) is 0 Å². The van der Waals surface area contributed by atoms with Crippen LogP contribution in [0.15, 0.2) is 70.7 Å². The van der Waals surface area contributed by atoms with E-state index in [0.717, 1.165) is 36.5 Å². The Morgan fingerprint density at radius 2 is 1.71 bits per heavy atom. The van der Waals surface area contributed by atoms with Gasteiger partial charge in [0.1, 0.15) is 17.3 Å². The quantitative estimate of drug-likeness (QED) is 0.295. The first-order chi connectivity index (χ1) is 14.7. The van der Waals surface area contributed by atoms with E-state index in [9.17, 15) is 27.3 Å². The molecule has 2 N–H and O–H groups in total. The Morgan fingerprint density at radius 3 is 2.35 bits per heavy atom. The molecule has 0 fully saturated rings. The molecule has 0 spiro atoms. The van der Waals surface area contributed by atoms with Crippen molar-refractivity contribution in [1.82, 2.24) is 0 Å². The van der Waals surface area contributed by atoms with Crippen molar-refractivity contribution in [2.24, 2.45) is 5.10 Å². The largest absolute Gasteiger partial charge is 0.295 e. The molecule has 3 rings (SSSR count). The van der Waals surface area contributed by atoms with Crippen LogP contribution in [0.3, 0.4) is 0 Å². The number of anilines is 2. The molecule has 0 radical (unpaired) electrons. The maximum absolute atomic E-state index is 13.6. The number of benzene rings is 3. The van der Waals surface area contributed by atoms with E-state index in [1.165, 1.54) is 24.3 Å². The number of nitro benzene ring substituents is 1. The number of sulfonamides is 1. The van der Waals surface area contributed by atoms with Crippen molar-refractivity contribution in [2.75, 3.05) is 10.1 Å². The van der Waals surface area contributed by atoms with Gasteiger partial charge in [0.05, 0.1) is 27.3 Å². The number of rotatable bonds is 7. The highest BCUT2D eigenvalue weighted by atomic mass is 35.5. The third kappa shape index (κ3) is 5.32. The molecule has 0 aliphatic heterocycles. The fourth-order valence-electron chi connectivity index (χ4n) is 2.49. The molecular weight excluding hydrogens is 454 g/mol. The molecule has 0 atom stereocenters. The monoisotopic (exact) mass is 466 g/mol. The van der Waals surface area contributed by atoms with E-state index in [1.54, 1.807) is 6.07 Å². The van der Waals surface area contributed by atoms with Crippen LogP contribution >= 0.6 is 11.6 Å². The van der Waals surface area contributed by atoms with Gasteiger partial charge in [-0.05, 0) is 42.5 Å². The molecule has 0 bridgehead atoms. The molecule has 0 aliphatic carbocycles. The third-order valence-corrected chi connectivity index (χ3v) is 5.55. The minimum absolute atomic E-state index is 0.175. The lowest BCUT2D eigenvalue weighted by Crippen LogP contribution is -2.13. The summed E-state index contributed by atoms with van der Waals surface area (Å²) < 4.78 is 54.6. The van der Waals surface area contributed by atoms with Crippen LogP contribution in [0.2, 0.25) is 5.02 Å². The van der Waals surface area contributed by atoms with Gasteiger partial charge in [0.2, 0.25) is 0 Å². The maximum atomic E-state index is 13.6. The Hall–Kier alpha value is -3.57. The molecule has 0 saturated carbocycles. The van der Waals surface area contributed by atoms with Crippen molar-refractivity contribution < 1.29 is 22.1 Å². The zero-order chi connectivity index (χ0) is 22.6. The van der Waals surface area contributed by atoms with Crippen molar-refractivity contribution in [3.8, 4) is 0 Å². The molecule has 0 heterocycles. The van der Waals surface area contributed by atoms with Gasteiger partial charge < -0.3 is 0 Å². The Morgan fingerprint density at radius 1 is 1.03 bits per heavy atom. The van der Waals surface area contributed by atoms with Crippen LogP contribution in [-0.4, -0.2) is 19.6 Å². The number of hydrogen-bond donors (Lipinski definition) is 2. The van der Waals surface area contributed by atoms with Gasteiger partial charge in [0.25, 0.3) is 15.7 Å². The van der Waals surface area contributed by atoms with Crippen molar-refractivity contribution in [3.05, 3.63) is 93.0 Å². The number of nitro groups is 1. The van der Waals surface area contributed by atoms with Crippen LogP contribution in [0.5, 0.6) is 0 Å². The second-order valence-electron chi connectivity index (χ2n) is 6.06. The highest BCUT2D eigenvalue weighted by molar-refractivity contribution is 7.92.